The highest BCUT2D eigenvalue weighted by atomic mass is 32.1. The maximum atomic E-state index is 5.02. The van der Waals surface area contributed by atoms with Crippen LogP contribution in [0.15, 0.2) is 0 Å². The highest BCUT2D eigenvalue weighted by Gasteiger charge is 2.03. The van der Waals surface area contributed by atoms with Gasteiger partial charge in [0.1, 0.15) is 10.0 Å². The molecule has 0 saturated carbocycles. The first-order valence-electron chi connectivity index (χ1n) is 6.23. The number of rotatable bonds is 9. The van der Waals surface area contributed by atoms with Gasteiger partial charge < -0.3 is 10.1 Å². The van der Waals surface area contributed by atoms with E-state index in [-0.39, 0.29) is 0 Å². The maximum Gasteiger partial charge on any atom is 0.118 e. The standard InChI is InChI=1S/C12H23N3OS/c1-10(2)9-13-7-6-12-15-14-11(17-12)5-4-8-16-3/h10,13H,4-9H2,1-3H3. The van der Waals surface area contributed by atoms with Crippen LogP contribution in [0.4, 0.5) is 0 Å². The normalized spacial score (nSPS) is 11.3. The monoisotopic (exact) mass is 257 g/mol. The second-order valence-electron chi connectivity index (χ2n) is 4.53. The molecular formula is C12H23N3OS. The van der Waals surface area contributed by atoms with Crippen molar-refractivity contribution in [3.8, 4) is 0 Å². The molecule has 0 atom stereocenters. The Bertz CT molecular complexity index is 302. The molecule has 1 N–H and O–H groups in total. The third kappa shape index (κ3) is 6.71. The van der Waals surface area contributed by atoms with Gasteiger partial charge in [-0.05, 0) is 18.9 Å². The van der Waals surface area contributed by atoms with E-state index < -0.39 is 0 Å². The maximum absolute atomic E-state index is 5.02. The Balaban J connectivity index is 2.16. The zero-order chi connectivity index (χ0) is 12.5. The summed E-state index contributed by atoms with van der Waals surface area (Å²) < 4.78 is 5.02. The van der Waals surface area contributed by atoms with Gasteiger partial charge in [-0.1, -0.05) is 13.8 Å². The summed E-state index contributed by atoms with van der Waals surface area (Å²) in [5.74, 6) is 0.703. The van der Waals surface area contributed by atoms with E-state index in [2.05, 4.69) is 29.4 Å². The summed E-state index contributed by atoms with van der Waals surface area (Å²) in [4.78, 5) is 0. The van der Waals surface area contributed by atoms with Gasteiger partial charge in [0.2, 0.25) is 0 Å². The van der Waals surface area contributed by atoms with E-state index in [9.17, 15) is 0 Å². The van der Waals surface area contributed by atoms with E-state index in [0.29, 0.717) is 5.92 Å². The minimum atomic E-state index is 0.703. The van der Waals surface area contributed by atoms with Gasteiger partial charge in [0.15, 0.2) is 0 Å². The molecule has 0 spiro atoms. The zero-order valence-electron chi connectivity index (χ0n) is 11.0. The van der Waals surface area contributed by atoms with Gasteiger partial charge in [-0.25, -0.2) is 0 Å². The summed E-state index contributed by atoms with van der Waals surface area (Å²) in [5.41, 5.74) is 0. The third-order valence-electron chi connectivity index (χ3n) is 2.32. The molecule has 1 rings (SSSR count). The summed E-state index contributed by atoms with van der Waals surface area (Å²) >= 11 is 1.72. The van der Waals surface area contributed by atoms with E-state index in [1.807, 2.05) is 0 Å². The first kappa shape index (κ1) is 14.5. The second-order valence-corrected chi connectivity index (χ2v) is 5.68. The molecule has 17 heavy (non-hydrogen) atoms. The average molecular weight is 257 g/mol. The van der Waals surface area contributed by atoms with Crippen LogP contribution in [0.2, 0.25) is 0 Å². The Kier molecular flexibility index (Phi) is 7.32. The fourth-order valence-electron chi connectivity index (χ4n) is 1.44. The Hall–Kier alpha value is -0.520. The van der Waals surface area contributed by atoms with Crippen LogP contribution < -0.4 is 5.32 Å². The minimum Gasteiger partial charge on any atom is -0.385 e. The number of hydrogen-bond donors (Lipinski definition) is 1. The minimum absolute atomic E-state index is 0.703. The van der Waals surface area contributed by atoms with Gasteiger partial charge in [0, 0.05) is 33.1 Å². The van der Waals surface area contributed by atoms with Crippen molar-refractivity contribution >= 4 is 11.3 Å². The van der Waals surface area contributed by atoms with Crippen LogP contribution >= 0.6 is 11.3 Å². The summed E-state index contributed by atoms with van der Waals surface area (Å²) in [6, 6.07) is 0. The fraction of sp³-hybridized carbons (Fsp3) is 0.833. The first-order chi connectivity index (χ1) is 8.22. The van der Waals surface area contributed by atoms with Crippen LogP contribution in [-0.2, 0) is 17.6 Å². The van der Waals surface area contributed by atoms with Crippen molar-refractivity contribution in [3.05, 3.63) is 10.0 Å². The van der Waals surface area contributed by atoms with Crippen LogP contribution in [0.5, 0.6) is 0 Å². The Morgan fingerprint density at radius 2 is 1.94 bits per heavy atom. The van der Waals surface area contributed by atoms with Gasteiger partial charge >= 0.3 is 0 Å². The summed E-state index contributed by atoms with van der Waals surface area (Å²) in [6.45, 7) is 7.28. The van der Waals surface area contributed by atoms with Gasteiger partial charge in [-0.15, -0.1) is 21.5 Å². The Labute approximate surface area is 108 Å². The molecule has 1 aromatic rings. The van der Waals surface area contributed by atoms with E-state index in [1.54, 1.807) is 18.4 Å². The van der Waals surface area contributed by atoms with Crippen molar-refractivity contribution in [3.63, 3.8) is 0 Å². The molecule has 0 bridgehead atoms. The lowest BCUT2D eigenvalue weighted by atomic mass is 10.2. The largest absolute Gasteiger partial charge is 0.385 e. The summed E-state index contributed by atoms with van der Waals surface area (Å²) in [6.07, 6.45) is 2.98. The molecule has 0 unspecified atom stereocenters. The highest BCUT2D eigenvalue weighted by molar-refractivity contribution is 7.11. The molecule has 1 aromatic heterocycles. The van der Waals surface area contributed by atoms with Crippen LogP contribution in [0.1, 0.15) is 30.3 Å². The lowest BCUT2D eigenvalue weighted by Gasteiger charge is -2.05. The van der Waals surface area contributed by atoms with Crippen molar-refractivity contribution < 1.29 is 4.74 Å². The zero-order valence-corrected chi connectivity index (χ0v) is 11.8. The molecule has 0 radical (unpaired) electrons. The molecule has 0 aromatic carbocycles. The van der Waals surface area contributed by atoms with Crippen molar-refractivity contribution in [2.24, 2.45) is 5.92 Å². The molecule has 98 valence electrons. The number of methoxy groups -OCH3 is 1. The number of aromatic nitrogens is 2. The van der Waals surface area contributed by atoms with Crippen molar-refractivity contribution in [2.75, 3.05) is 26.8 Å². The van der Waals surface area contributed by atoms with Crippen molar-refractivity contribution in [2.45, 2.75) is 33.1 Å². The van der Waals surface area contributed by atoms with E-state index >= 15 is 0 Å². The van der Waals surface area contributed by atoms with Crippen LogP contribution in [0.3, 0.4) is 0 Å². The highest BCUT2D eigenvalue weighted by Crippen LogP contribution is 2.11. The van der Waals surface area contributed by atoms with E-state index in [0.717, 1.165) is 49.0 Å². The van der Waals surface area contributed by atoms with E-state index in [4.69, 9.17) is 4.74 Å². The Morgan fingerprint density at radius 3 is 2.59 bits per heavy atom. The Morgan fingerprint density at radius 1 is 1.24 bits per heavy atom. The molecule has 4 nitrogen and oxygen atoms in total. The lowest BCUT2D eigenvalue weighted by molar-refractivity contribution is 0.195. The summed E-state index contributed by atoms with van der Waals surface area (Å²) in [7, 11) is 1.73. The van der Waals surface area contributed by atoms with Gasteiger partial charge in [-0.3, -0.25) is 0 Å². The van der Waals surface area contributed by atoms with Crippen LogP contribution in [0.25, 0.3) is 0 Å². The molecule has 1 heterocycles. The SMILES string of the molecule is COCCCc1nnc(CCNCC(C)C)s1. The quantitative estimate of drug-likeness (QED) is 0.686. The molecule has 5 heteroatoms. The number of nitrogens with zero attached hydrogens (tertiary/aromatic N) is 2. The fourth-order valence-corrected chi connectivity index (χ4v) is 2.33. The number of ether oxygens (including phenoxy) is 1. The van der Waals surface area contributed by atoms with Crippen molar-refractivity contribution in [1.82, 2.24) is 15.5 Å². The predicted molar refractivity (Wildman–Crippen MR) is 71.5 cm³/mol. The molecular weight excluding hydrogens is 234 g/mol. The molecule has 0 amide bonds. The smallest absolute Gasteiger partial charge is 0.118 e. The van der Waals surface area contributed by atoms with Crippen molar-refractivity contribution in [1.29, 1.82) is 0 Å². The number of aryl methyl sites for hydroxylation is 1. The van der Waals surface area contributed by atoms with Gasteiger partial charge in [0.25, 0.3) is 0 Å². The lowest BCUT2D eigenvalue weighted by Crippen LogP contribution is -2.22. The molecule has 0 aliphatic heterocycles. The second kappa shape index (κ2) is 8.55. The summed E-state index contributed by atoms with van der Waals surface area (Å²) in [5, 5.41) is 14.1. The molecule has 0 fully saturated rings. The van der Waals surface area contributed by atoms with Gasteiger partial charge in [0.05, 0.1) is 0 Å². The third-order valence-corrected chi connectivity index (χ3v) is 3.36. The molecule has 0 aliphatic carbocycles. The van der Waals surface area contributed by atoms with E-state index in [1.165, 1.54) is 0 Å². The van der Waals surface area contributed by atoms with Gasteiger partial charge in [-0.2, -0.15) is 0 Å². The molecule has 0 aliphatic rings. The number of hydrogen-bond acceptors (Lipinski definition) is 5. The van der Waals surface area contributed by atoms with Crippen LogP contribution in [-0.4, -0.2) is 37.0 Å². The molecule has 0 saturated heterocycles. The average Bonchev–Trinajstić information content (AvgIpc) is 2.73. The predicted octanol–water partition coefficient (Wildman–Crippen LogP) is 1.91. The number of nitrogens with one attached hydrogen (secondary N) is 1. The topological polar surface area (TPSA) is 47.0 Å². The van der Waals surface area contributed by atoms with Crippen LogP contribution in [0, 0.1) is 5.92 Å². The first-order valence-corrected chi connectivity index (χ1v) is 7.05.